The van der Waals surface area contributed by atoms with Crippen LogP contribution in [0.1, 0.15) is 11.5 Å². The third kappa shape index (κ3) is 3.97. The maximum absolute atomic E-state index is 12.9. The highest BCUT2D eigenvalue weighted by atomic mass is 35.5. The fraction of sp³-hybridized carbons (Fsp3) is 0.250. The van der Waals surface area contributed by atoms with Crippen LogP contribution in [0.5, 0.6) is 0 Å². The minimum Gasteiger partial charge on any atom is -0.461 e. The Bertz CT molecular complexity index is 951. The van der Waals surface area contributed by atoms with Crippen LogP contribution in [0.15, 0.2) is 48.5 Å². The number of rotatable bonds is 6. The van der Waals surface area contributed by atoms with E-state index in [0.717, 1.165) is 0 Å². The van der Waals surface area contributed by atoms with Crippen LogP contribution >= 0.6 is 11.6 Å². The number of primary amides is 1. The maximum atomic E-state index is 12.9. The van der Waals surface area contributed by atoms with E-state index in [0.29, 0.717) is 22.0 Å². The van der Waals surface area contributed by atoms with Gasteiger partial charge in [-0.3, -0.25) is 9.59 Å². The van der Waals surface area contributed by atoms with E-state index in [2.05, 4.69) is 10.6 Å². The van der Waals surface area contributed by atoms with Crippen molar-refractivity contribution in [1.29, 1.82) is 0 Å². The molecular weight excluding hydrogens is 396 g/mol. The number of fused-ring (bicyclic) bond motifs is 1. The number of hydrogen-bond donors (Lipinski definition) is 3. The van der Waals surface area contributed by atoms with Gasteiger partial charge in [-0.1, -0.05) is 41.9 Å². The number of nitrogens with one attached hydrogen (secondary N) is 2. The predicted molar refractivity (Wildman–Crippen MR) is 109 cm³/mol. The van der Waals surface area contributed by atoms with Gasteiger partial charge in [0.2, 0.25) is 5.91 Å². The lowest BCUT2D eigenvalue weighted by Gasteiger charge is -2.26. The molecule has 2 unspecified atom stereocenters. The lowest BCUT2D eigenvalue weighted by atomic mass is 9.98. The summed E-state index contributed by atoms with van der Waals surface area (Å²) in [5.74, 6) is -2.87. The Morgan fingerprint density at radius 1 is 1.10 bits per heavy atom. The zero-order chi connectivity index (χ0) is 21.2. The molecule has 1 aliphatic rings. The molecule has 0 aliphatic carbocycles. The number of amides is 2. The van der Waals surface area contributed by atoms with Gasteiger partial charge in [-0.25, -0.2) is 4.79 Å². The largest absolute Gasteiger partial charge is 0.461 e. The Morgan fingerprint density at radius 3 is 2.38 bits per heavy atom. The number of anilines is 2. The number of nitrogens with zero attached hydrogens (tertiary/aromatic N) is 1. The van der Waals surface area contributed by atoms with Gasteiger partial charge in [-0.05, 0) is 23.8 Å². The molecule has 0 spiro atoms. The number of benzene rings is 2. The molecule has 0 fully saturated rings. The molecule has 3 rings (SSSR count). The van der Waals surface area contributed by atoms with Crippen molar-refractivity contribution in [2.75, 3.05) is 31.3 Å². The van der Waals surface area contributed by atoms with Crippen LogP contribution in [0.25, 0.3) is 0 Å². The van der Waals surface area contributed by atoms with E-state index < -0.39 is 23.5 Å². The van der Waals surface area contributed by atoms with E-state index in [1.54, 1.807) is 56.6 Å². The third-order valence-electron chi connectivity index (χ3n) is 4.62. The fourth-order valence-electron chi connectivity index (χ4n) is 3.06. The van der Waals surface area contributed by atoms with Gasteiger partial charge in [0, 0.05) is 19.1 Å². The Kier molecular flexibility index (Phi) is 5.65. The average molecular weight is 417 g/mol. The van der Waals surface area contributed by atoms with Crippen molar-refractivity contribution < 1.29 is 19.1 Å². The van der Waals surface area contributed by atoms with Crippen LogP contribution in [0.4, 0.5) is 11.4 Å². The number of carbonyl (C=O) groups is 3. The first kappa shape index (κ1) is 20.5. The van der Waals surface area contributed by atoms with E-state index in [4.69, 9.17) is 22.1 Å². The molecule has 0 bridgehead atoms. The Hall–Kier alpha value is -3.26. The maximum Gasteiger partial charge on any atom is 0.363 e. The smallest absolute Gasteiger partial charge is 0.363 e. The topological polar surface area (TPSA) is 114 Å². The monoisotopic (exact) mass is 416 g/mol. The van der Waals surface area contributed by atoms with E-state index in [1.807, 2.05) is 6.07 Å². The minimum absolute atomic E-state index is 0.237. The van der Waals surface area contributed by atoms with Crippen LogP contribution < -0.4 is 16.4 Å². The highest BCUT2D eigenvalue weighted by molar-refractivity contribution is 6.31. The van der Waals surface area contributed by atoms with E-state index in [1.165, 1.54) is 4.90 Å². The number of esters is 1. The summed E-state index contributed by atoms with van der Waals surface area (Å²) in [4.78, 5) is 39.1. The summed E-state index contributed by atoms with van der Waals surface area (Å²) < 4.78 is 5.39. The summed E-state index contributed by atoms with van der Waals surface area (Å²) in [6.45, 7) is -0.255. The van der Waals surface area contributed by atoms with Crippen molar-refractivity contribution in [3.05, 3.63) is 59.1 Å². The minimum atomic E-state index is -1.99. The van der Waals surface area contributed by atoms with Gasteiger partial charge in [-0.15, -0.1) is 0 Å². The number of nitrogens with two attached hydrogens (primary N) is 1. The number of halogens is 1. The highest BCUT2D eigenvalue weighted by Crippen LogP contribution is 2.36. The third-order valence-corrected chi connectivity index (χ3v) is 4.86. The van der Waals surface area contributed by atoms with E-state index in [-0.39, 0.29) is 12.5 Å². The van der Waals surface area contributed by atoms with Crippen LogP contribution in [0.2, 0.25) is 5.02 Å². The summed E-state index contributed by atoms with van der Waals surface area (Å²) in [6, 6.07) is 13.7. The fourth-order valence-corrected chi connectivity index (χ4v) is 3.24. The summed E-state index contributed by atoms with van der Waals surface area (Å²) in [7, 11) is 3.23. The van der Waals surface area contributed by atoms with Gasteiger partial charge >= 0.3 is 5.97 Å². The van der Waals surface area contributed by atoms with E-state index >= 15 is 0 Å². The lowest BCUT2D eigenvalue weighted by molar-refractivity contribution is -0.152. The molecule has 29 heavy (non-hydrogen) atoms. The second-order valence-electron chi connectivity index (χ2n) is 6.85. The molecule has 0 aromatic heterocycles. The second kappa shape index (κ2) is 8.00. The number of likely N-dealkylation sites (N-methyl/N-ethyl adjacent to an activating group) is 1. The number of ether oxygens (including phenoxy) is 1. The first-order chi connectivity index (χ1) is 13.7. The van der Waals surface area contributed by atoms with Crippen LogP contribution in [0.3, 0.4) is 0 Å². The molecule has 8 nitrogen and oxygen atoms in total. The second-order valence-corrected chi connectivity index (χ2v) is 7.28. The highest BCUT2D eigenvalue weighted by Gasteiger charge is 2.51. The Morgan fingerprint density at radius 2 is 1.76 bits per heavy atom. The van der Waals surface area contributed by atoms with Crippen molar-refractivity contribution in [3.63, 3.8) is 0 Å². The average Bonchev–Trinajstić information content (AvgIpc) is 3.08. The lowest BCUT2D eigenvalue weighted by Crippen LogP contribution is -2.60. The molecular formula is C20H21ClN4O4. The molecule has 0 saturated carbocycles. The molecule has 4 N–H and O–H groups in total. The van der Waals surface area contributed by atoms with Gasteiger partial charge in [0.25, 0.3) is 11.6 Å². The molecule has 2 aromatic rings. The van der Waals surface area contributed by atoms with Crippen LogP contribution in [0, 0.1) is 0 Å². The van der Waals surface area contributed by atoms with Gasteiger partial charge in [0.1, 0.15) is 6.61 Å². The first-order valence-corrected chi connectivity index (χ1v) is 9.21. The predicted octanol–water partition coefficient (Wildman–Crippen LogP) is 1.77. The Labute approximate surface area is 173 Å². The SMILES string of the molecule is CN(C)C(=O)C(COC(=O)C1(C(N)=O)Nc2ccc(Cl)cc2N1)c1ccccc1. The van der Waals surface area contributed by atoms with Crippen molar-refractivity contribution in [2.24, 2.45) is 5.73 Å². The van der Waals surface area contributed by atoms with Crippen molar-refractivity contribution in [2.45, 2.75) is 11.6 Å². The van der Waals surface area contributed by atoms with Gasteiger partial charge in [0.05, 0.1) is 17.3 Å². The summed E-state index contributed by atoms with van der Waals surface area (Å²) in [5, 5.41) is 5.96. The van der Waals surface area contributed by atoms with Gasteiger partial charge in [0.15, 0.2) is 0 Å². The molecule has 2 aromatic carbocycles. The zero-order valence-electron chi connectivity index (χ0n) is 15.9. The molecule has 0 radical (unpaired) electrons. The van der Waals surface area contributed by atoms with Crippen molar-refractivity contribution in [3.8, 4) is 0 Å². The van der Waals surface area contributed by atoms with E-state index in [9.17, 15) is 14.4 Å². The molecule has 152 valence electrons. The molecule has 1 aliphatic heterocycles. The molecule has 2 atom stereocenters. The van der Waals surface area contributed by atoms with Crippen LogP contribution in [-0.2, 0) is 19.1 Å². The normalized spacial score (nSPS) is 18.0. The standard InChI is InChI=1S/C20H21ClN4O4/c1-25(2)17(26)14(12-6-4-3-5-7-12)11-29-19(28)20(18(22)27)23-15-9-8-13(21)10-16(15)24-20/h3-10,14,23-24H,11H2,1-2H3,(H2,22,27). The zero-order valence-corrected chi connectivity index (χ0v) is 16.7. The summed E-state index contributed by atoms with van der Waals surface area (Å²) >= 11 is 5.97. The van der Waals surface area contributed by atoms with Gasteiger partial charge < -0.3 is 26.0 Å². The molecule has 0 saturated heterocycles. The first-order valence-electron chi connectivity index (χ1n) is 8.84. The van der Waals surface area contributed by atoms with Gasteiger partial charge in [-0.2, -0.15) is 0 Å². The quantitative estimate of drug-likeness (QED) is 0.488. The molecule has 9 heteroatoms. The van der Waals surface area contributed by atoms with Crippen molar-refractivity contribution >= 4 is 40.8 Å². The summed E-state index contributed by atoms with van der Waals surface area (Å²) in [5.41, 5.74) is 5.12. The van der Waals surface area contributed by atoms with Crippen molar-refractivity contribution in [1.82, 2.24) is 4.90 Å². The number of carbonyl (C=O) groups excluding carboxylic acids is 3. The van der Waals surface area contributed by atoms with Crippen LogP contribution in [-0.4, -0.2) is 49.0 Å². The molecule has 1 heterocycles. The summed E-state index contributed by atoms with van der Waals surface area (Å²) in [6.07, 6.45) is 0. The molecule has 2 amide bonds. The Balaban J connectivity index is 1.81. The number of hydrogen-bond acceptors (Lipinski definition) is 6.